The van der Waals surface area contributed by atoms with E-state index in [9.17, 15) is 39.0 Å². The highest BCUT2D eigenvalue weighted by Crippen LogP contribution is 2.47. The second-order valence-electron chi connectivity index (χ2n) is 6.53. The molecule has 3 rings (SSSR count). The monoisotopic (exact) mass is 488 g/mol. The van der Waals surface area contributed by atoms with Crippen LogP contribution in [0.3, 0.4) is 0 Å². The quantitative estimate of drug-likeness (QED) is 0.0868. The zero-order valence-electron chi connectivity index (χ0n) is 16.1. The molecule has 15 nitrogen and oxygen atoms in total. The van der Waals surface area contributed by atoms with Gasteiger partial charge in [-0.2, -0.15) is 4.73 Å². The van der Waals surface area contributed by atoms with Gasteiger partial charge in [0.05, 0.1) is 12.2 Å². The Kier molecular flexibility index (Phi) is 6.23. The number of aromatic hydroxyl groups is 1. The third-order valence-electron chi connectivity index (χ3n) is 4.36. The molecular formula is C15H17N6O9PS. The number of β-lactam (4-membered cyclic amide) rings is 1. The molecule has 2 atom stereocenters. The highest BCUT2D eigenvalue weighted by molar-refractivity contribution is 7.50. The number of nitrogen functional groups attached to an aromatic ring is 1. The number of hydrogen-bond acceptors (Lipinski definition) is 11. The summed E-state index contributed by atoms with van der Waals surface area (Å²) in [6.07, 6.45) is 0.746. The molecule has 2 aromatic rings. The van der Waals surface area contributed by atoms with Crippen LogP contribution in [0.2, 0.25) is 0 Å². The van der Waals surface area contributed by atoms with Crippen LogP contribution in [0.25, 0.3) is 0 Å². The van der Waals surface area contributed by atoms with Crippen molar-refractivity contribution >= 4 is 41.7 Å². The molecule has 0 aliphatic carbocycles. The van der Waals surface area contributed by atoms with Crippen molar-refractivity contribution in [2.75, 3.05) is 5.73 Å². The molecule has 0 unspecified atom stereocenters. The lowest BCUT2D eigenvalue weighted by molar-refractivity contribution is -0.145. The summed E-state index contributed by atoms with van der Waals surface area (Å²) in [4.78, 5) is 63.6. The second-order valence-corrected chi connectivity index (χ2v) is 8.88. The summed E-state index contributed by atoms with van der Waals surface area (Å²) < 4.78 is 12.1. The van der Waals surface area contributed by atoms with E-state index in [0.717, 1.165) is 23.6 Å². The van der Waals surface area contributed by atoms with Crippen LogP contribution in [0.15, 0.2) is 27.6 Å². The zero-order chi connectivity index (χ0) is 23.8. The van der Waals surface area contributed by atoms with Crippen molar-refractivity contribution in [3.63, 3.8) is 0 Å². The van der Waals surface area contributed by atoms with Crippen LogP contribution < -0.4 is 16.5 Å². The van der Waals surface area contributed by atoms with Crippen LogP contribution in [0.5, 0.6) is 5.75 Å². The van der Waals surface area contributed by atoms with Crippen molar-refractivity contribution in [2.24, 2.45) is 5.16 Å². The minimum Gasteiger partial charge on any atom is -0.503 e. The number of pyridine rings is 1. The molecule has 1 fully saturated rings. The first kappa shape index (κ1) is 23.2. The van der Waals surface area contributed by atoms with E-state index in [-0.39, 0.29) is 16.5 Å². The van der Waals surface area contributed by atoms with Gasteiger partial charge >= 0.3 is 7.75 Å². The average Bonchev–Trinajstić information content (AvgIpc) is 3.11. The molecule has 1 aliphatic heterocycles. The Balaban J connectivity index is 1.79. The van der Waals surface area contributed by atoms with Crippen LogP contribution in [-0.2, 0) is 25.6 Å². The molecule has 7 N–H and O–H groups in total. The highest BCUT2D eigenvalue weighted by atomic mass is 32.1. The summed E-state index contributed by atoms with van der Waals surface area (Å²) in [5.41, 5.74) is 4.26. The molecule has 2 aromatic heterocycles. The SMILES string of the molecule is C[C@H]1[C@H](NC(=O)/C(=N\OCc2cc(=O)c(O)cn2O)c2csc(N)n2)C(=O)N1P(=O)(O)O. The third kappa shape index (κ3) is 4.57. The predicted octanol–water partition coefficient (Wildman–Crippen LogP) is -1.44. The molecule has 17 heteroatoms. The van der Waals surface area contributed by atoms with Gasteiger partial charge in [0.1, 0.15) is 17.4 Å². The summed E-state index contributed by atoms with van der Waals surface area (Å²) in [7, 11) is -4.82. The number of carbonyl (C=O) groups excluding carboxylic acids is 2. The summed E-state index contributed by atoms with van der Waals surface area (Å²) in [5.74, 6) is -2.62. The standard InChI is InChI=1S/C15H17N6O9PS/c1-6-11(14(25)21(6)31(27,28)29)18-13(24)12(8-5-32-15(16)17-8)19-30-4-7-2-9(22)10(23)3-20(7)26/h2-3,5-6,11,23,26H,4H2,1H3,(H2,16,17)(H,18,24)(H2,27,28,29)/b19-12-/t6-,11-/m0/s1. The van der Waals surface area contributed by atoms with Crippen molar-refractivity contribution < 1.29 is 39.1 Å². The smallest absolute Gasteiger partial charge is 0.432 e. The van der Waals surface area contributed by atoms with Gasteiger partial charge in [-0.15, -0.1) is 11.3 Å². The van der Waals surface area contributed by atoms with Gasteiger partial charge in [-0.1, -0.05) is 5.16 Å². The molecule has 2 amide bonds. The molecule has 3 heterocycles. The third-order valence-corrected chi connectivity index (χ3v) is 6.16. The van der Waals surface area contributed by atoms with Crippen LogP contribution in [0.1, 0.15) is 18.3 Å². The Labute approximate surface area is 182 Å². The highest BCUT2D eigenvalue weighted by Gasteiger charge is 2.53. The van der Waals surface area contributed by atoms with Crippen LogP contribution in [0.4, 0.5) is 5.13 Å². The van der Waals surface area contributed by atoms with Crippen molar-refractivity contribution in [1.29, 1.82) is 0 Å². The van der Waals surface area contributed by atoms with Gasteiger partial charge in [-0.25, -0.2) is 14.2 Å². The summed E-state index contributed by atoms with van der Waals surface area (Å²) in [5, 5.41) is 26.4. The number of nitrogens with two attached hydrogens (primary N) is 1. The Bertz CT molecular complexity index is 1200. The Morgan fingerprint density at radius 2 is 2.12 bits per heavy atom. The van der Waals surface area contributed by atoms with E-state index in [1.807, 2.05) is 0 Å². The van der Waals surface area contributed by atoms with Gasteiger partial charge in [0.15, 0.2) is 23.2 Å². The van der Waals surface area contributed by atoms with Crippen LogP contribution >= 0.6 is 19.1 Å². The molecule has 1 saturated heterocycles. The van der Waals surface area contributed by atoms with Crippen molar-refractivity contribution in [3.8, 4) is 5.75 Å². The number of oxime groups is 1. The fourth-order valence-corrected chi connectivity index (χ4v) is 4.33. The molecule has 0 spiro atoms. The molecule has 0 saturated carbocycles. The van der Waals surface area contributed by atoms with Gasteiger partial charge in [0.25, 0.3) is 11.8 Å². The Morgan fingerprint density at radius 3 is 2.69 bits per heavy atom. The number of hydrogen-bond donors (Lipinski definition) is 6. The first-order valence-corrected chi connectivity index (χ1v) is 11.1. The predicted molar refractivity (Wildman–Crippen MR) is 108 cm³/mol. The van der Waals surface area contributed by atoms with E-state index in [1.54, 1.807) is 0 Å². The number of nitrogens with zero attached hydrogens (tertiary/aromatic N) is 4. The molecule has 32 heavy (non-hydrogen) atoms. The maximum Gasteiger partial charge on any atom is 0.432 e. The number of nitrogens with one attached hydrogen (secondary N) is 1. The van der Waals surface area contributed by atoms with Crippen LogP contribution in [0, 0.1) is 0 Å². The zero-order valence-corrected chi connectivity index (χ0v) is 17.9. The van der Waals surface area contributed by atoms with E-state index in [2.05, 4.69) is 15.5 Å². The molecule has 0 bridgehead atoms. The van der Waals surface area contributed by atoms with E-state index in [0.29, 0.717) is 9.40 Å². The van der Waals surface area contributed by atoms with Gasteiger partial charge in [0.2, 0.25) is 5.43 Å². The van der Waals surface area contributed by atoms with Crippen molar-refractivity contribution in [3.05, 3.63) is 39.3 Å². The lowest BCUT2D eigenvalue weighted by atomic mass is 10.0. The number of aromatic nitrogens is 2. The van der Waals surface area contributed by atoms with E-state index < -0.39 is 55.1 Å². The lowest BCUT2D eigenvalue weighted by Gasteiger charge is -2.44. The molecule has 1 aliphatic rings. The fraction of sp³-hybridized carbons (Fsp3) is 0.267. The number of amides is 2. The molecular weight excluding hydrogens is 471 g/mol. The number of rotatable bonds is 7. The second kappa shape index (κ2) is 8.58. The van der Waals surface area contributed by atoms with E-state index >= 15 is 0 Å². The first-order chi connectivity index (χ1) is 14.9. The molecule has 0 radical (unpaired) electrons. The topological polar surface area (TPSA) is 230 Å². The summed E-state index contributed by atoms with van der Waals surface area (Å²) >= 11 is 0.988. The van der Waals surface area contributed by atoms with Gasteiger partial charge in [-0.3, -0.25) is 14.4 Å². The summed E-state index contributed by atoms with van der Waals surface area (Å²) in [6, 6.07) is -1.33. The average molecular weight is 488 g/mol. The van der Waals surface area contributed by atoms with Crippen molar-refractivity contribution in [1.82, 2.24) is 19.7 Å². The fourth-order valence-electron chi connectivity index (χ4n) is 2.79. The molecule has 0 aromatic carbocycles. The number of carbonyl (C=O) groups is 2. The number of anilines is 1. The maximum absolute atomic E-state index is 12.7. The van der Waals surface area contributed by atoms with E-state index in [4.69, 9.17) is 10.6 Å². The van der Waals surface area contributed by atoms with Crippen molar-refractivity contribution in [2.45, 2.75) is 25.6 Å². The van der Waals surface area contributed by atoms with Crippen LogP contribution in [-0.4, -0.2) is 64.1 Å². The van der Waals surface area contributed by atoms with Gasteiger partial charge in [0, 0.05) is 11.4 Å². The lowest BCUT2D eigenvalue weighted by Crippen LogP contribution is -2.68. The minimum absolute atomic E-state index is 0.0108. The largest absolute Gasteiger partial charge is 0.503 e. The van der Waals surface area contributed by atoms with E-state index in [1.165, 1.54) is 12.3 Å². The normalized spacial score (nSPS) is 18.9. The summed E-state index contributed by atoms with van der Waals surface area (Å²) in [6.45, 7) is 0.845. The van der Waals surface area contributed by atoms with Gasteiger partial charge in [-0.05, 0) is 6.92 Å². The minimum atomic E-state index is -4.82. The maximum atomic E-state index is 12.7. The van der Waals surface area contributed by atoms with Gasteiger partial charge < -0.3 is 36.0 Å². The Morgan fingerprint density at radius 1 is 1.44 bits per heavy atom. The number of thiazole rings is 1. The Hall–Kier alpha value is -3.46. The first-order valence-electron chi connectivity index (χ1n) is 8.65. The molecule has 172 valence electrons.